The molecule has 0 bridgehead atoms. The van der Waals surface area contributed by atoms with Crippen molar-refractivity contribution in [1.29, 1.82) is 0 Å². The van der Waals surface area contributed by atoms with Crippen LogP contribution in [0.4, 0.5) is 0 Å². The summed E-state index contributed by atoms with van der Waals surface area (Å²) < 4.78 is 10.9. The van der Waals surface area contributed by atoms with Crippen LogP contribution in [-0.4, -0.2) is 30.1 Å². The maximum absolute atomic E-state index is 11.9. The van der Waals surface area contributed by atoms with Crippen molar-refractivity contribution in [2.75, 3.05) is 13.2 Å². The highest BCUT2D eigenvalue weighted by atomic mass is 16.5. The molecule has 1 N–H and O–H groups in total. The molecule has 2 rings (SSSR count). The number of aromatic nitrogens is 1. The van der Waals surface area contributed by atoms with Gasteiger partial charge in [-0.15, -0.1) is 0 Å². The predicted molar refractivity (Wildman–Crippen MR) is 70.9 cm³/mol. The summed E-state index contributed by atoms with van der Waals surface area (Å²) >= 11 is 0. The maximum atomic E-state index is 11.9. The number of hydrogen-bond donors (Lipinski definition) is 1. The molecule has 1 fully saturated rings. The minimum absolute atomic E-state index is 0.169. The molecule has 2 heterocycles. The molecule has 2 atom stereocenters. The molecule has 5 heteroatoms. The van der Waals surface area contributed by atoms with Gasteiger partial charge >= 0.3 is 0 Å². The van der Waals surface area contributed by atoms with Crippen molar-refractivity contribution in [2.24, 2.45) is 11.8 Å². The summed E-state index contributed by atoms with van der Waals surface area (Å²) in [7, 11) is 0. The number of carbonyl (C=O) groups is 1. The molecule has 106 valence electrons. The van der Waals surface area contributed by atoms with E-state index in [1.54, 1.807) is 0 Å². The summed E-state index contributed by atoms with van der Waals surface area (Å²) in [5.74, 6) is 1.29. The lowest BCUT2D eigenvalue weighted by Gasteiger charge is -2.21. The summed E-state index contributed by atoms with van der Waals surface area (Å²) in [6, 6.07) is 0. The zero-order valence-electron chi connectivity index (χ0n) is 11.8. The average molecular weight is 266 g/mol. The Kier molecular flexibility index (Phi) is 4.58. The van der Waals surface area contributed by atoms with Gasteiger partial charge in [-0.05, 0) is 12.3 Å². The first kappa shape index (κ1) is 14.1. The minimum atomic E-state index is -0.169. The van der Waals surface area contributed by atoms with Crippen LogP contribution in [0.3, 0.4) is 0 Å². The maximum Gasteiger partial charge on any atom is 0.273 e. The predicted octanol–water partition coefficient (Wildman–Crippen LogP) is 2.03. The zero-order valence-corrected chi connectivity index (χ0v) is 11.8. The van der Waals surface area contributed by atoms with Crippen LogP contribution in [0.15, 0.2) is 10.7 Å². The molecule has 0 spiro atoms. The van der Waals surface area contributed by atoms with Crippen LogP contribution in [0, 0.1) is 11.8 Å². The van der Waals surface area contributed by atoms with E-state index in [0.29, 0.717) is 36.4 Å². The van der Waals surface area contributed by atoms with Crippen molar-refractivity contribution in [3.05, 3.63) is 17.8 Å². The van der Waals surface area contributed by atoms with Gasteiger partial charge in [-0.25, -0.2) is 4.98 Å². The third-order valence-corrected chi connectivity index (χ3v) is 3.53. The molecule has 0 radical (unpaired) electrons. The van der Waals surface area contributed by atoms with Gasteiger partial charge < -0.3 is 14.5 Å². The smallest absolute Gasteiger partial charge is 0.273 e. The number of rotatable bonds is 5. The van der Waals surface area contributed by atoms with E-state index in [1.165, 1.54) is 6.26 Å². The third-order valence-electron chi connectivity index (χ3n) is 3.53. The van der Waals surface area contributed by atoms with E-state index >= 15 is 0 Å². The minimum Gasteiger partial charge on any atom is -0.448 e. The molecule has 1 amide bonds. The fourth-order valence-electron chi connectivity index (χ4n) is 2.50. The van der Waals surface area contributed by atoms with Gasteiger partial charge in [0.1, 0.15) is 6.26 Å². The topological polar surface area (TPSA) is 64.4 Å². The molecule has 0 aliphatic carbocycles. The van der Waals surface area contributed by atoms with E-state index in [2.05, 4.69) is 24.1 Å². The van der Waals surface area contributed by atoms with Gasteiger partial charge in [0.05, 0.1) is 6.10 Å². The van der Waals surface area contributed by atoms with Gasteiger partial charge in [0.2, 0.25) is 0 Å². The third kappa shape index (κ3) is 3.35. The Morgan fingerprint density at radius 2 is 2.37 bits per heavy atom. The van der Waals surface area contributed by atoms with Gasteiger partial charge in [-0.2, -0.15) is 0 Å². The number of carbonyl (C=O) groups excluding carboxylic acids is 1. The number of hydrogen-bond acceptors (Lipinski definition) is 4. The van der Waals surface area contributed by atoms with Gasteiger partial charge in [0, 0.05) is 25.5 Å². The van der Waals surface area contributed by atoms with Crippen LogP contribution in [0.5, 0.6) is 0 Å². The number of amides is 1. The van der Waals surface area contributed by atoms with Crippen LogP contribution in [-0.2, 0) is 11.2 Å². The quantitative estimate of drug-likeness (QED) is 0.885. The lowest BCUT2D eigenvalue weighted by Crippen LogP contribution is -2.35. The van der Waals surface area contributed by atoms with Crippen molar-refractivity contribution in [1.82, 2.24) is 10.3 Å². The monoisotopic (exact) mass is 266 g/mol. The van der Waals surface area contributed by atoms with Crippen molar-refractivity contribution in [2.45, 2.75) is 39.7 Å². The first-order chi connectivity index (χ1) is 9.11. The van der Waals surface area contributed by atoms with Crippen LogP contribution < -0.4 is 5.32 Å². The molecule has 1 saturated heterocycles. The Hall–Kier alpha value is -1.36. The van der Waals surface area contributed by atoms with E-state index in [9.17, 15) is 4.79 Å². The van der Waals surface area contributed by atoms with Crippen LogP contribution >= 0.6 is 0 Å². The van der Waals surface area contributed by atoms with E-state index in [4.69, 9.17) is 9.15 Å². The second-order valence-corrected chi connectivity index (χ2v) is 5.32. The Labute approximate surface area is 113 Å². The Balaban J connectivity index is 1.86. The van der Waals surface area contributed by atoms with Crippen molar-refractivity contribution in [3.8, 4) is 0 Å². The molecule has 0 unspecified atom stereocenters. The number of nitrogens with one attached hydrogen (secondary N) is 1. The average Bonchev–Trinajstić information content (AvgIpc) is 3.04. The lowest BCUT2D eigenvalue weighted by atomic mass is 9.93. The summed E-state index contributed by atoms with van der Waals surface area (Å²) in [6.07, 6.45) is 3.35. The number of oxazole rings is 1. The van der Waals surface area contributed by atoms with E-state index in [1.807, 2.05) is 6.92 Å². The largest absolute Gasteiger partial charge is 0.448 e. The summed E-state index contributed by atoms with van der Waals surface area (Å²) in [4.78, 5) is 16.1. The highest BCUT2D eigenvalue weighted by Gasteiger charge is 2.30. The summed E-state index contributed by atoms with van der Waals surface area (Å²) in [5, 5.41) is 2.92. The van der Waals surface area contributed by atoms with Crippen molar-refractivity contribution >= 4 is 5.91 Å². The number of ether oxygens (including phenoxy) is 1. The first-order valence-corrected chi connectivity index (χ1v) is 6.96. The molecular weight excluding hydrogens is 244 g/mol. The standard InChI is InChI=1S/C14H22N2O3/c1-4-12-16-11(8-19-12)14(17)15-7-10-5-6-18-13(10)9(2)3/h8-10,13H,4-7H2,1-3H3,(H,15,17)/t10-,13-/m1/s1. The first-order valence-electron chi connectivity index (χ1n) is 6.96. The number of aryl methyl sites for hydroxylation is 1. The van der Waals surface area contributed by atoms with Crippen LogP contribution in [0.25, 0.3) is 0 Å². The van der Waals surface area contributed by atoms with Crippen LogP contribution in [0.2, 0.25) is 0 Å². The van der Waals surface area contributed by atoms with E-state index in [0.717, 1.165) is 13.0 Å². The second-order valence-electron chi connectivity index (χ2n) is 5.32. The second kappa shape index (κ2) is 6.19. The normalized spacial score (nSPS) is 22.9. The molecule has 0 saturated carbocycles. The van der Waals surface area contributed by atoms with E-state index in [-0.39, 0.29) is 12.0 Å². The molecule has 5 nitrogen and oxygen atoms in total. The van der Waals surface area contributed by atoms with Crippen molar-refractivity contribution < 1.29 is 13.9 Å². The summed E-state index contributed by atoms with van der Waals surface area (Å²) in [6.45, 7) is 7.66. The zero-order chi connectivity index (χ0) is 13.8. The molecule has 1 aromatic rings. The fourth-order valence-corrected chi connectivity index (χ4v) is 2.50. The van der Waals surface area contributed by atoms with Gasteiger partial charge in [-0.1, -0.05) is 20.8 Å². The van der Waals surface area contributed by atoms with Crippen molar-refractivity contribution in [3.63, 3.8) is 0 Å². The fraction of sp³-hybridized carbons (Fsp3) is 0.714. The van der Waals surface area contributed by atoms with Gasteiger partial charge in [0.25, 0.3) is 5.91 Å². The molecule has 1 aliphatic heterocycles. The Morgan fingerprint density at radius 3 is 3.00 bits per heavy atom. The molecular formula is C14H22N2O3. The summed E-state index contributed by atoms with van der Waals surface area (Å²) in [5.41, 5.74) is 0.358. The molecule has 1 aromatic heterocycles. The molecule has 19 heavy (non-hydrogen) atoms. The number of nitrogens with zero attached hydrogens (tertiary/aromatic N) is 1. The Bertz CT molecular complexity index is 428. The highest BCUT2D eigenvalue weighted by Crippen LogP contribution is 2.26. The molecule has 0 aromatic carbocycles. The highest BCUT2D eigenvalue weighted by molar-refractivity contribution is 5.91. The van der Waals surface area contributed by atoms with E-state index < -0.39 is 0 Å². The molecule has 1 aliphatic rings. The van der Waals surface area contributed by atoms with Gasteiger partial charge in [-0.3, -0.25) is 4.79 Å². The SMILES string of the molecule is CCc1nc(C(=O)NC[C@H]2CCO[C@@H]2C(C)C)co1. The lowest BCUT2D eigenvalue weighted by molar-refractivity contribution is 0.0533. The van der Waals surface area contributed by atoms with Crippen LogP contribution in [0.1, 0.15) is 43.6 Å². The van der Waals surface area contributed by atoms with Gasteiger partial charge in [0.15, 0.2) is 11.6 Å². The Morgan fingerprint density at radius 1 is 1.58 bits per heavy atom.